The first-order valence-electron chi connectivity index (χ1n) is 2.01. The van der Waals surface area contributed by atoms with E-state index in [2.05, 4.69) is 4.99 Å². The number of hydrogen-bond donors (Lipinski definition) is 2. The molecule has 0 aromatic carbocycles. The van der Waals surface area contributed by atoms with Gasteiger partial charge in [0.05, 0.1) is 6.54 Å². The molecule has 0 atom stereocenters. The Morgan fingerprint density at radius 2 is 2.71 bits per heavy atom. The molecule has 0 unspecified atom stereocenters. The molecule has 0 spiro atoms. The Morgan fingerprint density at radius 1 is 1.86 bits per heavy atom. The van der Waals surface area contributed by atoms with Gasteiger partial charge in [-0.2, -0.15) is 0 Å². The third kappa shape index (κ3) is 1.07. The van der Waals surface area contributed by atoms with E-state index in [4.69, 9.17) is 5.21 Å². The number of nitrogens with zero attached hydrogens (tertiary/aromatic N) is 1. The summed E-state index contributed by atoms with van der Waals surface area (Å²) in [6.45, 7) is 0.827. The highest BCUT2D eigenvalue weighted by Crippen LogP contribution is 2.07. The van der Waals surface area contributed by atoms with Crippen molar-refractivity contribution in [2.24, 2.45) is 4.99 Å². The monoisotopic (exact) mass is 118 g/mol. The zero-order valence-electron chi connectivity index (χ0n) is 3.72. The van der Waals surface area contributed by atoms with E-state index in [1.54, 1.807) is 0 Å². The van der Waals surface area contributed by atoms with Crippen molar-refractivity contribution in [2.45, 2.75) is 0 Å². The lowest BCUT2D eigenvalue weighted by atomic mass is 10.8. The van der Waals surface area contributed by atoms with E-state index in [-0.39, 0.29) is 0 Å². The maximum Gasteiger partial charge on any atom is 0.180 e. The van der Waals surface area contributed by atoms with Gasteiger partial charge in [-0.3, -0.25) is 10.2 Å². The highest BCUT2D eigenvalue weighted by atomic mass is 32.2. The molecule has 0 aromatic rings. The lowest BCUT2D eigenvalue weighted by Crippen LogP contribution is -2.11. The standard InChI is InChI=1S/C3H6N2OS/c6-5-3-4-1-2-7-3/h6H,1-2H2,(H,4,5). The van der Waals surface area contributed by atoms with Crippen molar-refractivity contribution in [1.82, 2.24) is 5.48 Å². The van der Waals surface area contributed by atoms with Crippen molar-refractivity contribution in [3.05, 3.63) is 0 Å². The molecule has 40 valence electrons. The molecule has 1 aliphatic heterocycles. The second-order valence-electron chi connectivity index (χ2n) is 1.15. The number of hydroxylamine groups is 1. The smallest absolute Gasteiger partial charge is 0.180 e. The van der Waals surface area contributed by atoms with E-state index in [9.17, 15) is 0 Å². The maximum absolute atomic E-state index is 8.16. The van der Waals surface area contributed by atoms with Crippen LogP contribution in [0.1, 0.15) is 0 Å². The van der Waals surface area contributed by atoms with Crippen LogP contribution in [0.5, 0.6) is 0 Å². The summed E-state index contributed by atoms with van der Waals surface area (Å²) in [5.74, 6) is 0.989. The fraction of sp³-hybridized carbons (Fsp3) is 0.667. The Balaban J connectivity index is 2.36. The predicted molar refractivity (Wildman–Crippen MR) is 29.7 cm³/mol. The summed E-state index contributed by atoms with van der Waals surface area (Å²) in [6.07, 6.45) is 0. The fourth-order valence-electron chi connectivity index (χ4n) is 0.403. The highest BCUT2D eigenvalue weighted by molar-refractivity contribution is 8.14. The maximum atomic E-state index is 8.16. The van der Waals surface area contributed by atoms with E-state index in [0.29, 0.717) is 5.17 Å². The van der Waals surface area contributed by atoms with Gasteiger partial charge in [0.25, 0.3) is 0 Å². The number of hydrogen-bond acceptors (Lipinski definition) is 4. The van der Waals surface area contributed by atoms with Gasteiger partial charge in [0.1, 0.15) is 0 Å². The molecule has 0 fully saturated rings. The molecule has 3 nitrogen and oxygen atoms in total. The third-order valence-corrected chi connectivity index (χ3v) is 1.56. The summed E-state index contributed by atoms with van der Waals surface area (Å²) in [4.78, 5) is 3.87. The van der Waals surface area contributed by atoms with Gasteiger partial charge in [0, 0.05) is 5.75 Å². The zero-order valence-corrected chi connectivity index (χ0v) is 4.53. The SMILES string of the molecule is ONC1=NCCS1. The molecule has 2 N–H and O–H groups in total. The lowest BCUT2D eigenvalue weighted by Gasteiger charge is -1.89. The fourth-order valence-corrected chi connectivity index (χ4v) is 1.03. The molecule has 0 aliphatic carbocycles. The van der Waals surface area contributed by atoms with Gasteiger partial charge in [0.15, 0.2) is 5.17 Å². The molecule has 0 saturated carbocycles. The molecule has 1 rings (SSSR count). The molecule has 7 heavy (non-hydrogen) atoms. The molecule has 0 bridgehead atoms. The minimum atomic E-state index is 0.639. The van der Waals surface area contributed by atoms with Crippen LogP contribution < -0.4 is 5.48 Å². The van der Waals surface area contributed by atoms with Crippen molar-refractivity contribution in [2.75, 3.05) is 12.3 Å². The molecule has 0 saturated heterocycles. The first-order valence-corrected chi connectivity index (χ1v) is 2.99. The molecular formula is C3H6N2OS. The quantitative estimate of drug-likeness (QED) is 0.442. The zero-order chi connectivity index (χ0) is 5.11. The average Bonchev–Trinajstić information content (AvgIpc) is 2.14. The third-order valence-electron chi connectivity index (χ3n) is 0.681. The van der Waals surface area contributed by atoms with Gasteiger partial charge in [0.2, 0.25) is 0 Å². The molecule has 1 heterocycles. The minimum absolute atomic E-state index is 0.639. The van der Waals surface area contributed by atoms with Crippen LogP contribution in [0, 0.1) is 0 Å². The van der Waals surface area contributed by atoms with E-state index in [0.717, 1.165) is 12.3 Å². The van der Waals surface area contributed by atoms with Crippen molar-refractivity contribution in [3.8, 4) is 0 Å². The highest BCUT2D eigenvalue weighted by Gasteiger charge is 2.02. The van der Waals surface area contributed by atoms with Crippen molar-refractivity contribution < 1.29 is 5.21 Å². The molecular weight excluding hydrogens is 112 g/mol. The Bertz CT molecular complexity index is 92.9. The van der Waals surface area contributed by atoms with E-state index >= 15 is 0 Å². The summed E-state index contributed by atoms with van der Waals surface area (Å²) in [7, 11) is 0. The first-order chi connectivity index (χ1) is 3.43. The molecule has 0 amide bonds. The number of amidine groups is 1. The first kappa shape index (κ1) is 4.93. The van der Waals surface area contributed by atoms with Crippen LogP contribution in [0.2, 0.25) is 0 Å². The molecule has 4 heteroatoms. The second-order valence-corrected chi connectivity index (χ2v) is 2.23. The summed E-state index contributed by atoms with van der Waals surface area (Å²) >= 11 is 1.53. The van der Waals surface area contributed by atoms with Gasteiger partial charge in [-0.1, -0.05) is 11.8 Å². The minimum Gasteiger partial charge on any atom is -0.289 e. The summed E-state index contributed by atoms with van der Waals surface area (Å²) in [5.41, 5.74) is 1.98. The number of thioether (sulfide) groups is 1. The Labute approximate surface area is 45.8 Å². The molecule has 0 radical (unpaired) electrons. The van der Waals surface area contributed by atoms with Gasteiger partial charge in [-0.15, -0.1) is 0 Å². The second kappa shape index (κ2) is 2.18. The lowest BCUT2D eigenvalue weighted by molar-refractivity contribution is 0.238. The Hall–Kier alpha value is -0.220. The van der Waals surface area contributed by atoms with Crippen molar-refractivity contribution >= 4 is 16.9 Å². The van der Waals surface area contributed by atoms with Gasteiger partial charge in [-0.05, 0) is 0 Å². The summed E-state index contributed by atoms with van der Waals surface area (Å²) in [5, 5.41) is 8.80. The number of nitrogens with one attached hydrogen (secondary N) is 1. The normalized spacial score (nSPS) is 19.3. The van der Waals surface area contributed by atoms with E-state index < -0.39 is 0 Å². The molecule has 1 aliphatic rings. The van der Waals surface area contributed by atoms with Crippen LogP contribution >= 0.6 is 11.8 Å². The predicted octanol–water partition coefficient (Wildman–Crippen LogP) is 0.0680. The van der Waals surface area contributed by atoms with Crippen LogP contribution in [-0.2, 0) is 0 Å². The number of aliphatic imine (C=N–C) groups is 1. The van der Waals surface area contributed by atoms with E-state index in [1.807, 2.05) is 5.48 Å². The van der Waals surface area contributed by atoms with Crippen LogP contribution in [0.3, 0.4) is 0 Å². The van der Waals surface area contributed by atoms with Gasteiger partial charge < -0.3 is 0 Å². The Kier molecular flexibility index (Phi) is 1.54. The van der Waals surface area contributed by atoms with Crippen LogP contribution in [0.25, 0.3) is 0 Å². The topological polar surface area (TPSA) is 44.6 Å². The van der Waals surface area contributed by atoms with Crippen molar-refractivity contribution in [1.29, 1.82) is 0 Å². The molecule has 0 aromatic heterocycles. The van der Waals surface area contributed by atoms with Crippen LogP contribution in [-0.4, -0.2) is 22.7 Å². The Morgan fingerprint density at radius 3 is 3.00 bits per heavy atom. The number of rotatable bonds is 0. The summed E-state index contributed by atoms with van der Waals surface area (Å²) in [6, 6.07) is 0. The summed E-state index contributed by atoms with van der Waals surface area (Å²) < 4.78 is 0. The van der Waals surface area contributed by atoms with Gasteiger partial charge >= 0.3 is 0 Å². The van der Waals surface area contributed by atoms with E-state index in [1.165, 1.54) is 11.8 Å². The van der Waals surface area contributed by atoms with Crippen molar-refractivity contribution in [3.63, 3.8) is 0 Å². The van der Waals surface area contributed by atoms with Crippen LogP contribution in [0.15, 0.2) is 4.99 Å². The van der Waals surface area contributed by atoms with Gasteiger partial charge in [-0.25, -0.2) is 5.48 Å². The van der Waals surface area contributed by atoms with Crippen LogP contribution in [0.4, 0.5) is 0 Å². The average molecular weight is 118 g/mol. The largest absolute Gasteiger partial charge is 0.289 e.